The lowest BCUT2D eigenvalue weighted by molar-refractivity contribution is -0.121. The Balaban J connectivity index is 1.87. The van der Waals surface area contributed by atoms with Crippen LogP contribution < -0.4 is 14.9 Å². The Morgan fingerprint density at radius 3 is 2.69 bits per heavy atom. The van der Waals surface area contributed by atoms with Crippen molar-refractivity contribution >= 4 is 12.1 Å². The molecule has 0 unspecified atom stereocenters. The first-order valence-corrected chi connectivity index (χ1v) is 9.61. The van der Waals surface area contributed by atoms with Gasteiger partial charge in [0.25, 0.3) is 0 Å². The normalized spacial score (nSPS) is 10.7. The minimum atomic E-state index is -0.148. The van der Waals surface area contributed by atoms with Gasteiger partial charge in [-0.15, -0.1) is 6.58 Å². The second-order valence-electron chi connectivity index (χ2n) is 6.45. The van der Waals surface area contributed by atoms with E-state index in [2.05, 4.69) is 17.1 Å². The first kappa shape index (κ1) is 22.0. The van der Waals surface area contributed by atoms with Crippen molar-refractivity contribution in [1.82, 2.24) is 5.43 Å². The summed E-state index contributed by atoms with van der Waals surface area (Å²) >= 11 is 0. The van der Waals surface area contributed by atoms with Gasteiger partial charge < -0.3 is 14.6 Å². The van der Waals surface area contributed by atoms with Gasteiger partial charge in [-0.2, -0.15) is 5.10 Å². The molecule has 0 spiro atoms. The number of phenols is 1. The number of nitrogens with one attached hydrogen (secondary N) is 1. The number of benzene rings is 2. The van der Waals surface area contributed by atoms with Gasteiger partial charge in [0.1, 0.15) is 5.75 Å². The fraction of sp³-hybridized carbons (Fsp3) is 0.304. The minimum absolute atomic E-state index is 0.103. The van der Waals surface area contributed by atoms with Crippen LogP contribution in [0.15, 0.2) is 54.2 Å². The van der Waals surface area contributed by atoms with Crippen LogP contribution in [0.25, 0.3) is 0 Å². The van der Waals surface area contributed by atoms with E-state index in [9.17, 15) is 9.90 Å². The van der Waals surface area contributed by atoms with Gasteiger partial charge in [0, 0.05) is 12.0 Å². The molecule has 1 amide bonds. The van der Waals surface area contributed by atoms with Crippen LogP contribution in [-0.2, 0) is 17.6 Å². The molecule has 6 nitrogen and oxygen atoms in total. The number of hydrogen-bond donors (Lipinski definition) is 2. The smallest absolute Gasteiger partial charge is 0.240 e. The fourth-order valence-electron chi connectivity index (χ4n) is 2.82. The van der Waals surface area contributed by atoms with Crippen molar-refractivity contribution in [1.29, 1.82) is 0 Å². The summed E-state index contributed by atoms with van der Waals surface area (Å²) in [6.07, 6.45) is 5.66. The molecule has 0 bridgehead atoms. The van der Waals surface area contributed by atoms with Gasteiger partial charge in [0.2, 0.25) is 5.91 Å². The van der Waals surface area contributed by atoms with E-state index >= 15 is 0 Å². The summed E-state index contributed by atoms with van der Waals surface area (Å²) in [6, 6.07) is 11.3. The maximum Gasteiger partial charge on any atom is 0.240 e. The number of methoxy groups -OCH3 is 1. The van der Waals surface area contributed by atoms with Gasteiger partial charge in [-0.05, 0) is 61.6 Å². The third-order valence-electron chi connectivity index (χ3n) is 4.27. The van der Waals surface area contributed by atoms with E-state index in [0.717, 1.165) is 29.7 Å². The highest BCUT2D eigenvalue weighted by Crippen LogP contribution is 2.31. The molecule has 0 saturated heterocycles. The number of ether oxygens (including phenoxy) is 2. The highest BCUT2D eigenvalue weighted by Gasteiger charge is 2.09. The van der Waals surface area contributed by atoms with E-state index in [0.29, 0.717) is 30.8 Å². The van der Waals surface area contributed by atoms with Crippen molar-refractivity contribution in [2.24, 2.45) is 5.10 Å². The summed E-state index contributed by atoms with van der Waals surface area (Å²) < 4.78 is 10.6. The zero-order chi connectivity index (χ0) is 21.1. The SMILES string of the molecule is C=CCc1cc(/C=N\NC(=O)CCCc2ccc(OC)cc2)cc(OCC)c1O. The van der Waals surface area contributed by atoms with Crippen molar-refractivity contribution in [2.45, 2.75) is 32.6 Å². The summed E-state index contributed by atoms with van der Waals surface area (Å²) in [6.45, 7) is 5.98. The molecule has 0 aromatic heterocycles. The summed E-state index contributed by atoms with van der Waals surface area (Å²) in [4.78, 5) is 12.0. The number of phenolic OH excluding ortho intramolecular Hbond substituents is 1. The lowest BCUT2D eigenvalue weighted by atomic mass is 10.1. The quantitative estimate of drug-likeness (QED) is 0.342. The van der Waals surface area contributed by atoms with Gasteiger partial charge >= 0.3 is 0 Å². The predicted octanol–water partition coefficient (Wildman–Crippen LogP) is 4.00. The summed E-state index contributed by atoms with van der Waals surface area (Å²) in [5.41, 5.74) is 5.11. The highest BCUT2D eigenvalue weighted by atomic mass is 16.5. The Labute approximate surface area is 171 Å². The van der Waals surface area contributed by atoms with E-state index in [1.54, 1.807) is 25.3 Å². The number of hydrazone groups is 1. The highest BCUT2D eigenvalue weighted by molar-refractivity contribution is 5.83. The number of aromatic hydroxyl groups is 1. The molecule has 2 aromatic carbocycles. The number of nitrogens with zero attached hydrogens (tertiary/aromatic N) is 1. The van der Waals surface area contributed by atoms with Crippen LogP contribution in [0, 0.1) is 0 Å². The van der Waals surface area contributed by atoms with Crippen LogP contribution in [0.1, 0.15) is 36.5 Å². The first-order chi connectivity index (χ1) is 14.1. The molecule has 0 aliphatic carbocycles. The maximum atomic E-state index is 12.0. The summed E-state index contributed by atoms with van der Waals surface area (Å²) in [5.74, 6) is 1.16. The molecule has 0 fully saturated rings. The molecule has 0 radical (unpaired) electrons. The van der Waals surface area contributed by atoms with Crippen LogP contribution in [0.5, 0.6) is 17.2 Å². The summed E-state index contributed by atoms with van der Waals surface area (Å²) in [5, 5.41) is 14.2. The number of hydrogen-bond acceptors (Lipinski definition) is 5. The second-order valence-corrected chi connectivity index (χ2v) is 6.45. The van der Waals surface area contributed by atoms with E-state index in [4.69, 9.17) is 9.47 Å². The fourth-order valence-corrected chi connectivity index (χ4v) is 2.82. The number of carbonyl (C=O) groups is 1. The first-order valence-electron chi connectivity index (χ1n) is 9.61. The third-order valence-corrected chi connectivity index (χ3v) is 4.27. The van der Waals surface area contributed by atoms with Crippen molar-refractivity contribution < 1.29 is 19.4 Å². The van der Waals surface area contributed by atoms with Gasteiger partial charge in [0.15, 0.2) is 11.5 Å². The van der Waals surface area contributed by atoms with Crippen LogP contribution in [-0.4, -0.2) is 30.9 Å². The maximum absolute atomic E-state index is 12.0. The van der Waals surface area contributed by atoms with Gasteiger partial charge in [-0.3, -0.25) is 4.79 Å². The molecule has 6 heteroatoms. The van der Waals surface area contributed by atoms with Crippen LogP contribution in [0.2, 0.25) is 0 Å². The Morgan fingerprint density at radius 1 is 1.28 bits per heavy atom. The lowest BCUT2D eigenvalue weighted by Gasteiger charge is -2.10. The topological polar surface area (TPSA) is 80.2 Å². The Morgan fingerprint density at radius 2 is 2.03 bits per heavy atom. The van der Waals surface area contributed by atoms with E-state index in [1.165, 1.54) is 6.21 Å². The zero-order valence-corrected chi connectivity index (χ0v) is 17.0. The Hall–Kier alpha value is -3.28. The molecule has 0 heterocycles. The van der Waals surface area contributed by atoms with Crippen LogP contribution in [0.4, 0.5) is 0 Å². The molecule has 2 N–H and O–H groups in total. The van der Waals surface area contributed by atoms with Gasteiger partial charge in [0.05, 0.1) is 19.9 Å². The summed E-state index contributed by atoms with van der Waals surface area (Å²) in [7, 11) is 1.63. The molecule has 2 aromatic rings. The van der Waals surface area contributed by atoms with Gasteiger partial charge in [-0.25, -0.2) is 5.43 Å². The van der Waals surface area contributed by atoms with Gasteiger partial charge in [-0.1, -0.05) is 18.2 Å². The molecular formula is C23H28N2O4. The Bertz CT molecular complexity index is 845. The number of amides is 1. The standard InChI is InChI=1S/C23H28N2O4/c1-4-7-19-14-18(15-21(23(19)27)29-5-2)16-24-25-22(26)9-6-8-17-10-12-20(28-3)13-11-17/h4,10-16,27H,1,5-9H2,2-3H3,(H,25,26)/b24-16-. The van der Waals surface area contributed by atoms with E-state index < -0.39 is 0 Å². The van der Waals surface area contributed by atoms with Crippen molar-refractivity contribution in [3.8, 4) is 17.2 Å². The Kier molecular flexibility index (Phi) is 8.76. The predicted molar refractivity (Wildman–Crippen MR) is 115 cm³/mol. The second kappa shape index (κ2) is 11.5. The average Bonchev–Trinajstić information content (AvgIpc) is 2.72. The molecule has 0 aliphatic heterocycles. The largest absolute Gasteiger partial charge is 0.504 e. The van der Waals surface area contributed by atoms with E-state index in [-0.39, 0.29) is 11.7 Å². The molecule has 29 heavy (non-hydrogen) atoms. The average molecular weight is 396 g/mol. The molecule has 154 valence electrons. The van der Waals surface area contributed by atoms with E-state index in [1.807, 2.05) is 31.2 Å². The molecule has 0 atom stereocenters. The zero-order valence-electron chi connectivity index (χ0n) is 17.0. The van der Waals surface area contributed by atoms with Crippen molar-refractivity contribution in [3.63, 3.8) is 0 Å². The number of aryl methyl sites for hydroxylation is 1. The minimum Gasteiger partial charge on any atom is -0.504 e. The monoisotopic (exact) mass is 396 g/mol. The molecular weight excluding hydrogens is 368 g/mol. The van der Waals surface area contributed by atoms with Crippen molar-refractivity contribution in [3.05, 3.63) is 65.7 Å². The van der Waals surface area contributed by atoms with Crippen molar-refractivity contribution in [2.75, 3.05) is 13.7 Å². The van der Waals surface area contributed by atoms with Crippen LogP contribution in [0.3, 0.4) is 0 Å². The third kappa shape index (κ3) is 6.99. The number of allylic oxidation sites excluding steroid dienone is 1. The lowest BCUT2D eigenvalue weighted by Crippen LogP contribution is -2.17. The van der Waals surface area contributed by atoms with Crippen LogP contribution >= 0.6 is 0 Å². The number of carbonyl (C=O) groups excluding carboxylic acids is 1. The molecule has 0 saturated carbocycles. The number of rotatable bonds is 11. The molecule has 0 aliphatic rings. The molecule has 2 rings (SSSR count).